The number of amides is 1. The van der Waals surface area contributed by atoms with Crippen molar-refractivity contribution >= 4 is 11.7 Å². The van der Waals surface area contributed by atoms with E-state index in [0.717, 1.165) is 11.1 Å². The topological polar surface area (TPSA) is 37.4 Å². The zero-order chi connectivity index (χ0) is 13.1. The molecule has 3 nitrogen and oxygen atoms in total. The molecule has 1 aromatic carbocycles. The van der Waals surface area contributed by atoms with Gasteiger partial charge in [0.1, 0.15) is 5.78 Å². The van der Waals surface area contributed by atoms with Crippen LogP contribution in [0.3, 0.4) is 0 Å². The van der Waals surface area contributed by atoms with Crippen LogP contribution in [0.15, 0.2) is 18.2 Å². The Bertz CT molecular complexity index is 469. The molecule has 18 heavy (non-hydrogen) atoms. The van der Waals surface area contributed by atoms with Crippen LogP contribution in [0.4, 0.5) is 0 Å². The fraction of sp³-hybridized carbons (Fsp3) is 0.467. The molecule has 0 aromatic heterocycles. The quantitative estimate of drug-likeness (QED) is 0.799. The number of nitrogens with zero attached hydrogens (tertiary/aromatic N) is 1. The van der Waals surface area contributed by atoms with Crippen LogP contribution in [0, 0.1) is 13.8 Å². The van der Waals surface area contributed by atoms with Gasteiger partial charge < -0.3 is 4.90 Å². The van der Waals surface area contributed by atoms with Crippen molar-refractivity contribution in [2.24, 2.45) is 0 Å². The molecule has 3 heteroatoms. The predicted octanol–water partition coefficient (Wildman–Crippen LogP) is 2.04. The van der Waals surface area contributed by atoms with Crippen molar-refractivity contribution in [1.82, 2.24) is 4.90 Å². The van der Waals surface area contributed by atoms with E-state index in [-0.39, 0.29) is 11.7 Å². The van der Waals surface area contributed by atoms with Crippen molar-refractivity contribution in [3.63, 3.8) is 0 Å². The molecule has 0 bridgehead atoms. The highest BCUT2D eigenvalue weighted by molar-refractivity contribution is 5.84. The van der Waals surface area contributed by atoms with Gasteiger partial charge in [-0.2, -0.15) is 0 Å². The van der Waals surface area contributed by atoms with Crippen molar-refractivity contribution in [1.29, 1.82) is 0 Å². The molecular formula is C15H19NO2. The Morgan fingerprint density at radius 1 is 1.22 bits per heavy atom. The number of hydrogen-bond donors (Lipinski definition) is 0. The Kier molecular flexibility index (Phi) is 3.80. The molecule has 1 aliphatic rings. The van der Waals surface area contributed by atoms with Gasteiger partial charge in [0, 0.05) is 25.9 Å². The Labute approximate surface area is 108 Å². The Morgan fingerprint density at radius 2 is 1.89 bits per heavy atom. The number of carbonyl (C=O) groups excluding carboxylic acids is 2. The van der Waals surface area contributed by atoms with E-state index in [4.69, 9.17) is 0 Å². The fourth-order valence-corrected chi connectivity index (χ4v) is 2.32. The SMILES string of the molecule is Cc1ccc(CC(=O)N2CCC(=O)CC2)c(C)c1. The van der Waals surface area contributed by atoms with Crippen molar-refractivity contribution in [3.05, 3.63) is 34.9 Å². The minimum atomic E-state index is 0.134. The minimum Gasteiger partial charge on any atom is -0.342 e. The lowest BCUT2D eigenvalue weighted by Gasteiger charge is -2.26. The fourth-order valence-electron chi connectivity index (χ4n) is 2.32. The Balaban J connectivity index is 2.00. The van der Waals surface area contributed by atoms with E-state index >= 15 is 0 Å². The molecule has 0 saturated carbocycles. The highest BCUT2D eigenvalue weighted by atomic mass is 16.2. The second-order valence-corrected chi connectivity index (χ2v) is 5.03. The summed E-state index contributed by atoms with van der Waals surface area (Å²) in [5.74, 6) is 0.403. The maximum atomic E-state index is 12.1. The third-order valence-electron chi connectivity index (χ3n) is 3.51. The summed E-state index contributed by atoms with van der Waals surface area (Å²) in [5.41, 5.74) is 3.46. The summed E-state index contributed by atoms with van der Waals surface area (Å²) in [6.45, 7) is 5.26. The molecular weight excluding hydrogens is 226 g/mol. The molecule has 96 valence electrons. The number of rotatable bonds is 2. The van der Waals surface area contributed by atoms with Gasteiger partial charge in [-0.25, -0.2) is 0 Å². The van der Waals surface area contributed by atoms with Crippen LogP contribution in [0.5, 0.6) is 0 Å². The third kappa shape index (κ3) is 2.97. The van der Waals surface area contributed by atoms with E-state index < -0.39 is 0 Å². The largest absolute Gasteiger partial charge is 0.342 e. The summed E-state index contributed by atoms with van der Waals surface area (Å²) in [7, 11) is 0. The van der Waals surface area contributed by atoms with Crippen LogP contribution in [0.25, 0.3) is 0 Å². The average Bonchev–Trinajstić information content (AvgIpc) is 2.33. The van der Waals surface area contributed by atoms with Crippen molar-refractivity contribution in [3.8, 4) is 0 Å². The summed E-state index contributed by atoms with van der Waals surface area (Å²) in [6, 6.07) is 6.16. The van der Waals surface area contributed by atoms with Crippen molar-refractivity contribution in [2.75, 3.05) is 13.1 Å². The summed E-state index contributed by atoms with van der Waals surface area (Å²) in [6.07, 6.45) is 1.47. The number of carbonyl (C=O) groups is 2. The first kappa shape index (κ1) is 12.8. The van der Waals surface area contributed by atoms with Crippen LogP contribution in [0.1, 0.15) is 29.5 Å². The highest BCUT2D eigenvalue weighted by Gasteiger charge is 2.20. The van der Waals surface area contributed by atoms with Crippen LogP contribution < -0.4 is 0 Å². The van der Waals surface area contributed by atoms with Crippen molar-refractivity contribution < 1.29 is 9.59 Å². The normalized spacial score (nSPS) is 15.9. The van der Waals surface area contributed by atoms with Gasteiger partial charge >= 0.3 is 0 Å². The van der Waals surface area contributed by atoms with Gasteiger partial charge in [0.2, 0.25) is 5.91 Å². The first-order chi connectivity index (χ1) is 8.56. The summed E-state index contributed by atoms with van der Waals surface area (Å²) in [4.78, 5) is 25.1. The zero-order valence-electron chi connectivity index (χ0n) is 11.0. The molecule has 1 fully saturated rings. The van der Waals surface area contributed by atoms with Gasteiger partial charge in [-0.05, 0) is 25.0 Å². The summed E-state index contributed by atoms with van der Waals surface area (Å²) in [5, 5.41) is 0. The maximum absolute atomic E-state index is 12.1. The van der Waals surface area contributed by atoms with Crippen LogP contribution >= 0.6 is 0 Å². The Morgan fingerprint density at radius 3 is 2.50 bits per heavy atom. The van der Waals surface area contributed by atoms with E-state index in [1.54, 1.807) is 4.90 Å². The smallest absolute Gasteiger partial charge is 0.227 e. The summed E-state index contributed by atoms with van der Waals surface area (Å²) < 4.78 is 0. The molecule has 1 heterocycles. The zero-order valence-corrected chi connectivity index (χ0v) is 11.0. The molecule has 1 amide bonds. The van der Waals surface area contributed by atoms with Gasteiger partial charge in [-0.1, -0.05) is 23.8 Å². The van der Waals surface area contributed by atoms with Gasteiger partial charge in [0.05, 0.1) is 6.42 Å². The van der Waals surface area contributed by atoms with Crippen molar-refractivity contribution in [2.45, 2.75) is 33.1 Å². The minimum absolute atomic E-state index is 0.134. The number of likely N-dealkylation sites (tertiary alicyclic amines) is 1. The molecule has 0 atom stereocenters. The molecule has 1 aliphatic heterocycles. The second-order valence-electron chi connectivity index (χ2n) is 5.03. The molecule has 1 aromatic rings. The lowest BCUT2D eigenvalue weighted by Crippen LogP contribution is -2.39. The maximum Gasteiger partial charge on any atom is 0.227 e. The number of hydrogen-bond acceptors (Lipinski definition) is 2. The van der Waals surface area contributed by atoms with Crippen LogP contribution in [-0.2, 0) is 16.0 Å². The predicted molar refractivity (Wildman–Crippen MR) is 70.4 cm³/mol. The molecule has 0 unspecified atom stereocenters. The van der Waals surface area contributed by atoms with Gasteiger partial charge in [-0.3, -0.25) is 9.59 Å². The molecule has 2 rings (SSSR count). The number of piperidine rings is 1. The van der Waals surface area contributed by atoms with Crippen LogP contribution in [-0.4, -0.2) is 29.7 Å². The number of aryl methyl sites for hydroxylation is 2. The number of benzene rings is 1. The first-order valence-corrected chi connectivity index (χ1v) is 6.42. The van der Waals surface area contributed by atoms with E-state index in [0.29, 0.717) is 32.4 Å². The summed E-state index contributed by atoms with van der Waals surface area (Å²) >= 11 is 0. The molecule has 0 spiro atoms. The van der Waals surface area contributed by atoms with Gasteiger partial charge in [-0.15, -0.1) is 0 Å². The van der Waals surface area contributed by atoms with E-state index in [1.807, 2.05) is 19.1 Å². The Hall–Kier alpha value is -1.64. The van der Waals surface area contributed by atoms with Gasteiger partial charge in [0.25, 0.3) is 0 Å². The molecule has 0 N–H and O–H groups in total. The number of ketones is 1. The molecule has 0 radical (unpaired) electrons. The van der Waals surface area contributed by atoms with E-state index in [2.05, 4.69) is 13.0 Å². The second kappa shape index (κ2) is 5.34. The number of Topliss-reactive ketones (excluding diaryl/α,β-unsaturated/α-hetero) is 1. The monoisotopic (exact) mass is 245 g/mol. The molecule has 1 saturated heterocycles. The lowest BCUT2D eigenvalue weighted by molar-refractivity contribution is -0.133. The van der Waals surface area contributed by atoms with E-state index in [1.165, 1.54) is 5.56 Å². The van der Waals surface area contributed by atoms with Gasteiger partial charge in [0.15, 0.2) is 0 Å². The van der Waals surface area contributed by atoms with E-state index in [9.17, 15) is 9.59 Å². The standard InChI is InChI=1S/C15H19NO2/c1-11-3-4-13(12(2)9-11)10-15(18)16-7-5-14(17)6-8-16/h3-4,9H,5-8,10H2,1-2H3. The van der Waals surface area contributed by atoms with Crippen LogP contribution in [0.2, 0.25) is 0 Å². The lowest BCUT2D eigenvalue weighted by atomic mass is 10.0. The third-order valence-corrected chi connectivity index (χ3v) is 3.51. The highest BCUT2D eigenvalue weighted by Crippen LogP contribution is 2.14. The molecule has 0 aliphatic carbocycles. The average molecular weight is 245 g/mol. The first-order valence-electron chi connectivity index (χ1n) is 6.42.